The zero-order chi connectivity index (χ0) is 7.82. The zero-order valence-electron chi connectivity index (χ0n) is 6.05. The van der Waals surface area contributed by atoms with E-state index in [9.17, 15) is 0 Å². The lowest BCUT2D eigenvalue weighted by molar-refractivity contribution is 0.316. The minimum Gasteiger partial charge on any atom is -0.422 e. The van der Waals surface area contributed by atoms with Crippen LogP contribution in [-0.4, -0.2) is 20.4 Å². The summed E-state index contributed by atoms with van der Waals surface area (Å²) in [5, 5.41) is 0. The van der Waals surface area contributed by atoms with Crippen molar-refractivity contribution in [3.05, 3.63) is 25.3 Å². The number of hydrogen-bond donors (Lipinski definition) is 0. The van der Waals surface area contributed by atoms with Gasteiger partial charge in [-0.3, -0.25) is 0 Å². The van der Waals surface area contributed by atoms with Crippen LogP contribution in [0.1, 0.15) is 0 Å². The van der Waals surface area contributed by atoms with Crippen LogP contribution in [0.4, 0.5) is 0 Å². The molecule has 0 aliphatic carbocycles. The average Bonchev–Trinajstić information content (AvgIpc) is 1.99. The molecule has 0 aliphatic heterocycles. The van der Waals surface area contributed by atoms with Crippen LogP contribution in [-0.2, 0) is 4.43 Å². The Morgan fingerprint density at radius 2 is 2.10 bits per heavy atom. The summed E-state index contributed by atoms with van der Waals surface area (Å²) in [5.74, 6) is 0.343. The summed E-state index contributed by atoms with van der Waals surface area (Å²) in [4.78, 5) is 0. The van der Waals surface area contributed by atoms with Gasteiger partial charge in [0, 0.05) is 16.6 Å². The molecule has 58 valence electrons. The molecule has 0 aromatic carbocycles. The maximum atomic E-state index is 5.42. The Morgan fingerprint density at radius 3 is 2.50 bits per heavy atom. The Morgan fingerprint density at radius 1 is 1.50 bits per heavy atom. The lowest BCUT2D eigenvalue weighted by Gasteiger charge is -2.05. The van der Waals surface area contributed by atoms with Crippen molar-refractivity contribution in [3.8, 4) is 0 Å². The Kier molecular flexibility index (Phi) is 7.78. The molecule has 0 amide bonds. The molecule has 0 unspecified atom stereocenters. The van der Waals surface area contributed by atoms with E-state index in [1.54, 1.807) is 0 Å². The second kappa shape index (κ2) is 7.49. The largest absolute Gasteiger partial charge is 0.422 e. The van der Waals surface area contributed by atoms with E-state index in [0.29, 0.717) is 5.92 Å². The Labute approximate surface area is 78.6 Å². The number of hydrogen-bond acceptors (Lipinski definition) is 1. The third-order valence-corrected chi connectivity index (χ3v) is 3.14. The highest BCUT2D eigenvalue weighted by atomic mass is 127. The van der Waals surface area contributed by atoms with Gasteiger partial charge in [0.1, 0.15) is 0 Å². The average molecular weight is 268 g/mol. The second-order valence-corrected chi connectivity index (χ2v) is 6.33. The molecule has 1 nitrogen and oxygen atoms in total. The molecule has 0 radical (unpaired) electrons. The maximum Gasteiger partial charge on any atom is 0.171 e. The highest BCUT2D eigenvalue weighted by Crippen LogP contribution is 1.98. The van der Waals surface area contributed by atoms with Gasteiger partial charge in [0.25, 0.3) is 0 Å². The molecule has 0 spiro atoms. The molecule has 0 saturated carbocycles. The van der Waals surface area contributed by atoms with Gasteiger partial charge in [0.05, 0.1) is 0 Å². The molecular weight excluding hydrogens is 255 g/mol. The quantitative estimate of drug-likeness (QED) is 0.233. The molecule has 0 saturated heterocycles. The molecule has 3 heteroatoms. The molecule has 0 atom stereocenters. The van der Waals surface area contributed by atoms with Gasteiger partial charge in [-0.2, -0.15) is 0 Å². The lowest BCUT2D eigenvalue weighted by Crippen LogP contribution is -2.08. The summed E-state index contributed by atoms with van der Waals surface area (Å²) < 4.78 is 6.59. The summed E-state index contributed by atoms with van der Waals surface area (Å²) in [5.41, 5.74) is 0. The molecule has 0 heterocycles. The minimum absolute atomic E-state index is 0.249. The number of alkyl halides is 1. The molecule has 0 N–H and O–H groups in total. The number of rotatable bonds is 6. The zero-order valence-corrected chi connectivity index (χ0v) is 9.63. The van der Waals surface area contributed by atoms with Crippen LogP contribution in [0.3, 0.4) is 0 Å². The second-order valence-electron chi connectivity index (χ2n) is 1.90. The van der Waals surface area contributed by atoms with Crippen LogP contribution in [0.2, 0.25) is 0 Å². The van der Waals surface area contributed by atoms with Crippen molar-refractivity contribution in [2.75, 3.05) is 10.7 Å². The molecule has 0 aromatic rings. The fraction of sp³-hybridized carbons (Fsp3) is 0.429. The van der Waals surface area contributed by atoms with Gasteiger partial charge < -0.3 is 4.43 Å². The van der Waals surface area contributed by atoms with E-state index in [1.807, 2.05) is 12.2 Å². The summed E-state index contributed by atoms with van der Waals surface area (Å²) in [6.07, 6.45) is 3.74. The van der Waals surface area contributed by atoms with Gasteiger partial charge in [-0.1, -0.05) is 34.7 Å². The molecule has 0 aromatic heterocycles. The molecule has 10 heavy (non-hydrogen) atoms. The van der Waals surface area contributed by atoms with Crippen LogP contribution in [0.5, 0.6) is 0 Å². The minimum atomic E-state index is -0.249. The maximum absolute atomic E-state index is 5.42. The molecule has 0 fully saturated rings. The van der Waals surface area contributed by atoms with Gasteiger partial charge >= 0.3 is 0 Å². The van der Waals surface area contributed by atoms with Crippen molar-refractivity contribution < 1.29 is 4.43 Å². The monoisotopic (exact) mass is 268 g/mol. The van der Waals surface area contributed by atoms with Crippen LogP contribution < -0.4 is 0 Å². The van der Waals surface area contributed by atoms with Crippen LogP contribution in [0.15, 0.2) is 25.3 Å². The van der Waals surface area contributed by atoms with Gasteiger partial charge in [-0.25, -0.2) is 0 Å². The standard InChI is InChI=1S/C7H13IOSi/c1-3-7(4-2)5-9-10-6-8/h3-4,7H,1-2,5-6,10H2. The summed E-state index contributed by atoms with van der Waals surface area (Å²) in [6.45, 7) is 8.13. The number of halogens is 1. The topological polar surface area (TPSA) is 9.23 Å². The third kappa shape index (κ3) is 5.19. The van der Waals surface area contributed by atoms with E-state index in [0.717, 1.165) is 6.61 Å². The predicted molar refractivity (Wildman–Crippen MR) is 57.3 cm³/mol. The van der Waals surface area contributed by atoms with Gasteiger partial charge in [-0.05, 0) is 0 Å². The van der Waals surface area contributed by atoms with Crippen molar-refractivity contribution in [1.29, 1.82) is 0 Å². The van der Waals surface area contributed by atoms with Crippen LogP contribution in [0.25, 0.3) is 0 Å². The third-order valence-electron chi connectivity index (χ3n) is 1.14. The lowest BCUT2D eigenvalue weighted by atomic mass is 10.2. The van der Waals surface area contributed by atoms with Crippen molar-refractivity contribution in [2.45, 2.75) is 0 Å². The van der Waals surface area contributed by atoms with E-state index >= 15 is 0 Å². The van der Waals surface area contributed by atoms with Crippen LogP contribution in [0, 0.1) is 5.92 Å². The van der Waals surface area contributed by atoms with E-state index < -0.39 is 0 Å². The summed E-state index contributed by atoms with van der Waals surface area (Å²) in [6, 6.07) is 0. The first kappa shape index (κ1) is 10.4. The normalized spacial score (nSPS) is 11.0. The van der Waals surface area contributed by atoms with Crippen molar-refractivity contribution >= 4 is 32.4 Å². The van der Waals surface area contributed by atoms with E-state index in [-0.39, 0.29) is 9.76 Å². The van der Waals surface area contributed by atoms with E-state index in [4.69, 9.17) is 4.43 Å². The van der Waals surface area contributed by atoms with Gasteiger partial charge in [-0.15, -0.1) is 13.2 Å². The Hall–Kier alpha value is 0.387. The Bertz CT molecular complexity index is 97.8. The first-order chi connectivity index (χ1) is 4.85. The fourth-order valence-electron chi connectivity index (χ4n) is 0.506. The molecule has 0 aliphatic rings. The van der Waals surface area contributed by atoms with E-state index in [2.05, 4.69) is 35.7 Å². The summed E-state index contributed by atoms with van der Waals surface area (Å²) in [7, 11) is -0.249. The highest BCUT2D eigenvalue weighted by Gasteiger charge is 1.96. The SMILES string of the molecule is C=CC(C=C)CO[SiH2]CI. The molecular formula is C7H13IOSi. The van der Waals surface area contributed by atoms with Crippen molar-refractivity contribution in [2.24, 2.45) is 5.92 Å². The highest BCUT2D eigenvalue weighted by molar-refractivity contribution is 14.1. The molecule has 0 bridgehead atoms. The first-order valence-corrected chi connectivity index (χ1v) is 6.34. The van der Waals surface area contributed by atoms with Gasteiger partial charge in [0.15, 0.2) is 9.76 Å². The first-order valence-electron chi connectivity index (χ1n) is 3.24. The van der Waals surface area contributed by atoms with E-state index in [1.165, 1.54) is 4.05 Å². The smallest absolute Gasteiger partial charge is 0.171 e. The fourth-order valence-corrected chi connectivity index (χ4v) is 1.99. The van der Waals surface area contributed by atoms with Crippen molar-refractivity contribution in [1.82, 2.24) is 0 Å². The van der Waals surface area contributed by atoms with Gasteiger partial charge in [0.2, 0.25) is 0 Å². The summed E-state index contributed by atoms with van der Waals surface area (Å²) >= 11 is 2.34. The van der Waals surface area contributed by atoms with Crippen molar-refractivity contribution in [3.63, 3.8) is 0 Å². The van der Waals surface area contributed by atoms with Crippen LogP contribution >= 0.6 is 22.6 Å². The molecule has 0 rings (SSSR count). The predicted octanol–water partition coefficient (Wildman–Crippen LogP) is 1.47. The Balaban J connectivity index is 3.25.